The van der Waals surface area contributed by atoms with E-state index >= 15 is 0 Å². The summed E-state index contributed by atoms with van der Waals surface area (Å²) in [5.74, 6) is 0. The number of likely N-dealkylation sites (tertiary alicyclic amines) is 1. The van der Waals surface area contributed by atoms with Crippen LogP contribution in [0.2, 0.25) is 0 Å². The maximum Gasteiger partial charge on any atom is 0.258 e. The summed E-state index contributed by atoms with van der Waals surface area (Å²) in [5.41, 5.74) is 1.93. The van der Waals surface area contributed by atoms with Gasteiger partial charge in [0.05, 0.1) is 11.3 Å². The third-order valence-corrected chi connectivity index (χ3v) is 4.26. The molecule has 0 spiro atoms. The fraction of sp³-hybridized carbons (Fsp3) is 0.500. The highest BCUT2D eigenvalue weighted by Gasteiger charge is 2.27. The van der Waals surface area contributed by atoms with Crippen molar-refractivity contribution in [3.8, 4) is 0 Å². The van der Waals surface area contributed by atoms with E-state index in [0.29, 0.717) is 6.54 Å². The van der Waals surface area contributed by atoms with Crippen LogP contribution in [0.4, 0.5) is 0 Å². The fourth-order valence-electron chi connectivity index (χ4n) is 2.81. The van der Waals surface area contributed by atoms with Crippen LogP contribution < -0.4 is 5.56 Å². The summed E-state index contributed by atoms with van der Waals surface area (Å²) >= 11 is 0. The Morgan fingerprint density at radius 1 is 1.38 bits per heavy atom. The number of pyridine rings is 1. The van der Waals surface area contributed by atoms with Gasteiger partial charge in [-0.05, 0) is 38.3 Å². The molecule has 2 aromatic heterocycles. The Labute approximate surface area is 123 Å². The molecule has 21 heavy (non-hydrogen) atoms. The Morgan fingerprint density at radius 3 is 2.81 bits per heavy atom. The van der Waals surface area contributed by atoms with Crippen LogP contribution in [0.25, 0.3) is 5.65 Å². The highest BCUT2D eigenvalue weighted by molar-refractivity contribution is 5.46. The molecule has 0 radical (unpaired) electrons. The maximum absolute atomic E-state index is 12.2. The van der Waals surface area contributed by atoms with E-state index in [-0.39, 0.29) is 5.56 Å². The molecule has 0 unspecified atom stereocenters. The van der Waals surface area contributed by atoms with Crippen molar-refractivity contribution < 1.29 is 5.11 Å². The smallest absolute Gasteiger partial charge is 0.258 e. The van der Waals surface area contributed by atoms with Crippen LogP contribution in [0.15, 0.2) is 29.2 Å². The van der Waals surface area contributed by atoms with Gasteiger partial charge >= 0.3 is 0 Å². The van der Waals surface area contributed by atoms with Gasteiger partial charge in [0.2, 0.25) is 0 Å². The summed E-state index contributed by atoms with van der Waals surface area (Å²) in [6, 6.07) is 5.43. The maximum atomic E-state index is 12.2. The lowest BCUT2D eigenvalue weighted by Gasteiger charge is -2.35. The molecule has 3 rings (SSSR count). The van der Waals surface area contributed by atoms with Gasteiger partial charge in [-0.25, -0.2) is 4.98 Å². The summed E-state index contributed by atoms with van der Waals surface area (Å²) in [4.78, 5) is 19.0. The molecule has 1 fully saturated rings. The zero-order valence-corrected chi connectivity index (χ0v) is 12.5. The number of piperidine rings is 1. The molecule has 0 aromatic carbocycles. The first-order valence-corrected chi connectivity index (χ1v) is 7.37. The first-order chi connectivity index (χ1) is 9.94. The molecular formula is C16H21N3O2. The molecule has 1 aliphatic rings. The Kier molecular flexibility index (Phi) is 3.55. The SMILES string of the molecule is Cc1cccn2c(=O)cc(CN3CCC(C)(O)CC3)nc12. The van der Waals surface area contributed by atoms with Crippen molar-refractivity contribution in [3.05, 3.63) is 46.0 Å². The van der Waals surface area contributed by atoms with Crippen LogP contribution >= 0.6 is 0 Å². The highest BCUT2D eigenvalue weighted by Crippen LogP contribution is 2.22. The molecular weight excluding hydrogens is 266 g/mol. The van der Waals surface area contributed by atoms with E-state index in [1.165, 1.54) is 0 Å². The minimum atomic E-state index is -0.552. The number of hydrogen-bond acceptors (Lipinski definition) is 4. The molecule has 3 heterocycles. The number of aromatic nitrogens is 2. The molecule has 2 aromatic rings. The van der Waals surface area contributed by atoms with Crippen molar-refractivity contribution >= 4 is 5.65 Å². The van der Waals surface area contributed by atoms with E-state index in [9.17, 15) is 9.90 Å². The Hall–Kier alpha value is -1.72. The lowest BCUT2D eigenvalue weighted by atomic mass is 9.94. The summed E-state index contributed by atoms with van der Waals surface area (Å²) in [6.07, 6.45) is 3.27. The summed E-state index contributed by atoms with van der Waals surface area (Å²) < 4.78 is 1.58. The monoisotopic (exact) mass is 287 g/mol. The minimum absolute atomic E-state index is 0.0392. The normalized spacial score (nSPS) is 19.0. The van der Waals surface area contributed by atoms with E-state index in [0.717, 1.165) is 42.8 Å². The third-order valence-electron chi connectivity index (χ3n) is 4.26. The van der Waals surface area contributed by atoms with Gasteiger partial charge in [-0.3, -0.25) is 14.1 Å². The van der Waals surface area contributed by atoms with Gasteiger partial charge < -0.3 is 5.11 Å². The number of rotatable bonds is 2. The number of hydrogen-bond donors (Lipinski definition) is 1. The number of nitrogens with zero attached hydrogens (tertiary/aromatic N) is 3. The van der Waals surface area contributed by atoms with Crippen molar-refractivity contribution in [1.29, 1.82) is 0 Å². The van der Waals surface area contributed by atoms with Crippen LogP contribution in [0.5, 0.6) is 0 Å². The molecule has 5 nitrogen and oxygen atoms in total. The Morgan fingerprint density at radius 2 is 2.10 bits per heavy atom. The van der Waals surface area contributed by atoms with Crippen LogP contribution in [0.1, 0.15) is 31.0 Å². The van der Waals surface area contributed by atoms with Gasteiger partial charge in [-0.1, -0.05) is 6.07 Å². The van der Waals surface area contributed by atoms with Crippen LogP contribution in [0.3, 0.4) is 0 Å². The van der Waals surface area contributed by atoms with E-state index < -0.39 is 5.60 Å². The van der Waals surface area contributed by atoms with Crippen LogP contribution in [0, 0.1) is 6.92 Å². The van der Waals surface area contributed by atoms with Gasteiger partial charge in [0, 0.05) is 31.9 Å². The zero-order chi connectivity index (χ0) is 15.0. The first kappa shape index (κ1) is 14.2. The molecule has 5 heteroatoms. The number of fused-ring (bicyclic) bond motifs is 1. The molecule has 0 amide bonds. The Bertz CT molecular complexity index is 711. The minimum Gasteiger partial charge on any atom is -0.390 e. The summed E-state index contributed by atoms with van der Waals surface area (Å²) in [6.45, 7) is 6.18. The first-order valence-electron chi connectivity index (χ1n) is 7.37. The molecule has 0 bridgehead atoms. The average molecular weight is 287 g/mol. The lowest BCUT2D eigenvalue weighted by molar-refractivity contribution is -0.00757. The van der Waals surface area contributed by atoms with Gasteiger partial charge in [0.15, 0.2) is 0 Å². The predicted molar refractivity (Wildman–Crippen MR) is 81.3 cm³/mol. The highest BCUT2D eigenvalue weighted by atomic mass is 16.3. The average Bonchev–Trinajstić information content (AvgIpc) is 2.43. The second-order valence-corrected chi connectivity index (χ2v) is 6.24. The molecule has 0 saturated carbocycles. The van der Waals surface area contributed by atoms with Crippen LogP contribution in [-0.4, -0.2) is 38.1 Å². The second kappa shape index (κ2) is 5.24. The van der Waals surface area contributed by atoms with Crippen LogP contribution in [-0.2, 0) is 6.54 Å². The molecule has 1 saturated heterocycles. The number of aliphatic hydroxyl groups is 1. The predicted octanol–water partition coefficient (Wildman–Crippen LogP) is 1.35. The molecule has 0 atom stereocenters. The number of aryl methyl sites for hydroxylation is 1. The van der Waals surface area contributed by atoms with E-state index in [4.69, 9.17) is 0 Å². The topological polar surface area (TPSA) is 57.8 Å². The molecule has 112 valence electrons. The van der Waals surface area contributed by atoms with Crippen molar-refractivity contribution in [2.75, 3.05) is 13.1 Å². The quantitative estimate of drug-likeness (QED) is 0.906. The van der Waals surface area contributed by atoms with Gasteiger partial charge in [0.1, 0.15) is 5.65 Å². The van der Waals surface area contributed by atoms with Gasteiger partial charge in [0.25, 0.3) is 5.56 Å². The van der Waals surface area contributed by atoms with E-state index in [1.54, 1.807) is 16.7 Å². The van der Waals surface area contributed by atoms with Crippen molar-refractivity contribution in [1.82, 2.24) is 14.3 Å². The van der Waals surface area contributed by atoms with Crippen molar-refractivity contribution in [2.45, 2.75) is 38.8 Å². The largest absolute Gasteiger partial charge is 0.390 e. The molecule has 0 aliphatic carbocycles. The fourth-order valence-corrected chi connectivity index (χ4v) is 2.81. The van der Waals surface area contributed by atoms with Crippen molar-refractivity contribution in [2.24, 2.45) is 0 Å². The Balaban J connectivity index is 1.85. The summed E-state index contributed by atoms with van der Waals surface area (Å²) in [7, 11) is 0. The van der Waals surface area contributed by atoms with Gasteiger partial charge in [-0.15, -0.1) is 0 Å². The zero-order valence-electron chi connectivity index (χ0n) is 12.5. The lowest BCUT2D eigenvalue weighted by Crippen LogP contribution is -2.42. The standard InChI is InChI=1S/C16H21N3O2/c1-12-4-3-7-19-14(20)10-13(17-15(12)19)11-18-8-5-16(2,21)6-9-18/h3-4,7,10,21H,5-6,8-9,11H2,1-2H3. The van der Waals surface area contributed by atoms with E-state index in [2.05, 4.69) is 9.88 Å². The summed E-state index contributed by atoms with van der Waals surface area (Å²) in [5, 5.41) is 9.98. The second-order valence-electron chi connectivity index (χ2n) is 6.24. The molecule has 1 N–H and O–H groups in total. The van der Waals surface area contributed by atoms with Crippen molar-refractivity contribution in [3.63, 3.8) is 0 Å². The molecule has 1 aliphatic heterocycles. The van der Waals surface area contributed by atoms with E-state index in [1.807, 2.05) is 26.0 Å². The third kappa shape index (κ3) is 2.99. The van der Waals surface area contributed by atoms with Gasteiger partial charge in [-0.2, -0.15) is 0 Å².